The van der Waals surface area contributed by atoms with Gasteiger partial charge in [0, 0.05) is 47.5 Å². The third kappa shape index (κ3) is 9.36. The molecule has 0 saturated heterocycles. The van der Waals surface area contributed by atoms with Crippen LogP contribution >= 0.6 is 35.6 Å². The largest absolute Gasteiger partial charge is 0.496 e. The minimum Gasteiger partial charge on any atom is -0.496 e. The fourth-order valence-electron chi connectivity index (χ4n) is 4.08. The van der Waals surface area contributed by atoms with E-state index in [0.29, 0.717) is 47.2 Å². The molecular weight excluding hydrogens is 621 g/mol. The summed E-state index contributed by atoms with van der Waals surface area (Å²) in [5.41, 5.74) is 3.13. The van der Waals surface area contributed by atoms with Crippen LogP contribution in [-0.2, 0) is 13.1 Å². The average Bonchev–Trinajstić information content (AvgIpc) is 2.97. The topological polar surface area (TPSA) is 61.0 Å². The molecule has 0 fully saturated rings. The van der Waals surface area contributed by atoms with Crippen LogP contribution in [0.1, 0.15) is 22.3 Å². The lowest BCUT2D eigenvalue weighted by Crippen LogP contribution is -2.07. The van der Waals surface area contributed by atoms with Crippen molar-refractivity contribution in [2.75, 3.05) is 28.3 Å². The summed E-state index contributed by atoms with van der Waals surface area (Å²) in [5, 5.41) is 6.02. The highest BCUT2D eigenvalue weighted by molar-refractivity contribution is 6.31. The van der Waals surface area contributed by atoms with Gasteiger partial charge < -0.3 is 29.6 Å². The first-order chi connectivity index (χ1) is 20.1. The maximum absolute atomic E-state index is 13.6. The van der Waals surface area contributed by atoms with E-state index in [9.17, 15) is 8.78 Å². The molecule has 0 unspecified atom stereocenters. The molecule has 11 heteroatoms. The van der Waals surface area contributed by atoms with Crippen molar-refractivity contribution in [2.24, 2.45) is 0 Å². The van der Waals surface area contributed by atoms with Gasteiger partial charge >= 0.3 is 0 Å². The Labute approximate surface area is 267 Å². The molecule has 6 nitrogen and oxygen atoms in total. The van der Waals surface area contributed by atoms with Crippen molar-refractivity contribution in [1.29, 1.82) is 0 Å². The number of methoxy groups -OCH3 is 2. The normalized spacial score (nSPS) is 10.3. The second-order valence-corrected chi connectivity index (χ2v) is 9.99. The molecule has 0 amide bonds. The fourth-order valence-corrected chi connectivity index (χ4v) is 4.38. The second-order valence-electron chi connectivity index (χ2n) is 9.18. The summed E-state index contributed by atoms with van der Waals surface area (Å²) in [7, 11) is 6.78. The van der Waals surface area contributed by atoms with Gasteiger partial charge in [0.2, 0.25) is 0 Å². The Hall–Kier alpha value is -3.27. The fraction of sp³-hybridized carbons (Fsp3) is 0.250. The standard InChI is InChI=1S/2C16H17ClFNO2.ClH/c2*1-10-14(20-3)5-4-6-15(10)21-16-8-12(17)13(18)7-11(16)9-19-2;/h2*4-8,19H,9H2,1-3H3;1H. The van der Waals surface area contributed by atoms with E-state index in [0.717, 1.165) is 22.6 Å². The molecule has 0 aliphatic carbocycles. The van der Waals surface area contributed by atoms with Gasteiger partial charge in [-0.1, -0.05) is 35.3 Å². The molecule has 0 heterocycles. The van der Waals surface area contributed by atoms with Gasteiger partial charge in [-0.15, -0.1) is 12.4 Å². The summed E-state index contributed by atoms with van der Waals surface area (Å²) in [6.45, 7) is 4.76. The molecule has 4 aromatic carbocycles. The van der Waals surface area contributed by atoms with Crippen LogP contribution in [0.5, 0.6) is 34.5 Å². The molecule has 0 spiro atoms. The van der Waals surface area contributed by atoms with Crippen LogP contribution in [0.4, 0.5) is 8.78 Å². The quantitative estimate of drug-likeness (QED) is 0.178. The smallest absolute Gasteiger partial charge is 0.142 e. The molecule has 2 N–H and O–H groups in total. The third-order valence-corrected chi connectivity index (χ3v) is 6.87. The van der Waals surface area contributed by atoms with E-state index in [1.807, 2.05) is 50.2 Å². The summed E-state index contributed by atoms with van der Waals surface area (Å²) in [6.07, 6.45) is 0. The zero-order chi connectivity index (χ0) is 30.8. The number of hydrogen-bond donors (Lipinski definition) is 2. The number of halogens is 5. The first kappa shape index (κ1) is 35.9. The van der Waals surface area contributed by atoms with Crippen molar-refractivity contribution in [2.45, 2.75) is 26.9 Å². The average molecular weight is 656 g/mol. The molecule has 232 valence electrons. The third-order valence-electron chi connectivity index (χ3n) is 6.29. The zero-order valence-corrected chi connectivity index (χ0v) is 27.1. The van der Waals surface area contributed by atoms with E-state index >= 15 is 0 Å². The van der Waals surface area contributed by atoms with Crippen molar-refractivity contribution in [3.63, 3.8) is 0 Å². The number of rotatable bonds is 10. The number of benzene rings is 4. The van der Waals surface area contributed by atoms with Crippen molar-refractivity contribution in [3.8, 4) is 34.5 Å². The van der Waals surface area contributed by atoms with Crippen molar-refractivity contribution >= 4 is 35.6 Å². The first-order valence-corrected chi connectivity index (χ1v) is 13.8. The van der Waals surface area contributed by atoms with Crippen molar-refractivity contribution in [1.82, 2.24) is 10.6 Å². The Morgan fingerprint density at radius 1 is 0.605 bits per heavy atom. The van der Waals surface area contributed by atoms with Gasteiger partial charge in [0.1, 0.15) is 46.1 Å². The van der Waals surface area contributed by atoms with E-state index in [-0.39, 0.29) is 22.5 Å². The Bertz CT molecular complexity index is 1410. The van der Waals surface area contributed by atoms with E-state index in [1.54, 1.807) is 28.3 Å². The summed E-state index contributed by atoms with van der Waals surface area (Å²) >= 11 is 11.7. The van der Waals surface area contributed by atoms with Crippen molar-refractivity contribution in [3.05, 3.63) is 105 Å². The van der Waals surface area contributed by atoms with Crippen molar-refractivity contribution < 1.29 is 27.7 Å². The Kier molecular flexibility index (Phi) is 14.3. The Morgan fingerprint density at radius 3 is 1.28 bits per heavy atom. The maximum Gasteiger partial charge on any atom is 0.142 e. The summed E-state index contributed by atoms with van der Waals surface area (Å²) in [5.74, 6) is 2.88. The molecule has 0 radical (unpaired) electrons. The predicted molar refractivity (Wildman–Crippen MR) is 171 cm³/mol. The highest BCUT2D eigenvalue weighted by Gasteiger charge is 2.14. The van der Waals surface area contributed by atoms with Gasteiger partial charge in [-0.25, -0.2) is 8.78 Å². The van der Waals surface area contributed by atoms with Crippen LogP contribution in [0, 0.1) is 25.5 Å². The van der Waals surface area contributed by atoms with Crippen LogP contribution in [-0.4, -0.2) is 28.3 Å². The molecule has 4 rings (SSSR count). The molecule has 0 atom stereocenters. The summed E-state index contributed by atoms with van der Waals surface area (Å²) in [6, 6.07) is 16.8. The Balaban J connectivity index is 0.000000293. The molecular formula is C32H35Cl3F2N2O4. The molecule has 0 aromatic heterocycles. The minimum absolute atomic E-state index is 0. The first-order valence-electron chi connectivity index (χ1n) is 13.0. The second kappa shape index (κ2) is 17.1. The molecule has 43 heavy (non-hydrogen) atoms. The molecule has 0 bridgehead atoms. The van der Waals surface area contributed by atoms with E-state index in [1.165, 1.54) is 24.3 Å². The van der Waals surface area contributed by atoms with Crippen LogP contribution in [0.2, 0.25) is 10.0 Å². The van der Waals surface area contributed by atoms with Gasteiger partial charge in [0.15, 0.2) is 0 Å². The number of hydrogen-bond acceptors (Lipinski definition) is 6. The van der Waals surface area contributed by atoms with Crippen LogP contribution < -0.4 is 29.6 Å². The van der Waals surface area contributed by atoms with Crippen LogP contribution in [0.15, 0.2) is 60.7 Å². The molecule has 0 aliphatic heterocycles. The van der Waals surface area contributed by atoms with Crippen LogP contribution in [0.3, 0.4) is 0 Å². The molecule has 0 aliphatic rings. The van der Waals surface area contributed by atoms with Gasteiger partial charge in [-0.3, -0.25) is 0 Å². The number of ether oxygens (including phenoxy) is 4. The summed E-state index contributed by atoms with van der Waals surface area (Å²) in [4.78, 5) is 0. The Morgan fingerprint density at radius 2 is 0.953 bits per heavy atom. The highest BCUT2D eigenvalue weighted by atomic mass is 35.5. The molecule has 4 aromatic rings. The van der Waals surface area contributed by atoms with Gasteiger partial charge in [0.05, 0.1) is 24.3 Å². The van der Waals surface area contributed by atoms with Gasteiger partial charge in [0.25, 0.3) is 0 Å². The minimum atomic E-state index is -0.461. The van der Waals surface area contributed by atoms with Crippen LogP contribution in [0.25, 0.3) is 0 Å². The lowest BCUT2D eigenvalue weighted by atomic mass is 10.1. The maximum atomic E-state index is 13.6. The molecule has 0 saturated carbocycles. The lowest BCUT2D eigenvalue weighted by molar-refractivity contribution is 0.403. The highest BCUT2D eigenvalue weighted by Crippen LogP contribution is 2.36. The SMILES string of the molecule is CNCc1cc(F)c(Cl)cc1Oc1cccc(OC)c1C.CNCc1cc(F)c(Cl)cc1Oc1cccc(OC)c1C.Cl. The monoisotopic (exact) mass is 654 g/mol. The van der Waals surface area contributed by atoms with E-state index in [4.69, 9.17) is 42.1 Å². The summed E-state index contributed by atoms with van der Waals surface area (Å²) < 4.78 is 49.5. The van der Waals surface area contributed by atoms with Gasteiger partial charge in [-0.2, -0.15) is 0 Å². The lowest BCUT2D eigenvalue weighted by Gasteiger charge is -2.15. The van der Waals surface area contributed by atoms with E-state index in [2.05, 4.69) is 10.6 Å². The van der Waals surface area contributed by atoms with Gasteiger partial charge in [-0.05, 0) is 64.3 Å². The van der Waals surface area contributed by atoms with E-state index < -0.39 is 11.6 Å². The zero-order valence-electron chi connectivity index (χ0n) is 24.7. The predicted octanol–water partition coefficient (Wildman–Crippen LogP) is 9.04. The number of nitrogens with one attached hydrogen (secondary N) is 2.